The van der Waals surface area contributed by atoms with Crippen LogP contribution in [-0.4, -0.2) is 28.6 Å². The number of anilines is 1. The second kappa shape index (κ2) is 4.72. The normalized spacial score (nSPS) is 16.1. The number of nitrogens with one attached hydrogen (secondary N) is 1. The van der Waals surface area contributed by atoms with Crippen LogP contribution >= 0.6 is 0 Å². The van der Waals surface area contributed by atoms with E-state index < -0.39 is 12.1 Å². The van der Waals surface area contributed by atoms with Gasteiger partial charge in [0, 0.05) is 19.3 Å². The lowest BCUT2D eigenvalue weighted by atomic mass is 10.3. The first-order valence-electron chi connectivity index (χ1n) is 5.90. The van der Waals surface area contributed by atoms with Crippen molar-refractivity contribution in [2.75, 3.05) is 5.73 Å². The molecule has 1 aliphatic rings. The van der Waals surface area contributed by atoms with Crippen LogP contribution in [0.1, 0.15) is 30.3 Å². The molecule has 0 aromatic carbocycles. The number of hydrogen-bond donors (Lipinski definition) is 2. The highest BCUT2D eigenvalue weighted by Crippen LogP contribution is 2.19. The van der Waals surface area contributed by atoms with Gasteiger partial charge in [-0.15, -0.1) is 0 Å². The molecule has 2 rings (SSSR count). The van der Waals surface area contributed by atoms with E-state index in [4.69, 9.17) is 10.5 Å². The lowest BCUT2D eigenvalue weighted by Gasteiger charge is -2.13. The molecule has 1 atom stereocenters. The molecule has 1 heterocycles. The molecule has 1 fully saturated rings. The van der Waals surface area contributed by atoms with Gasteiger partial charge in [-0.05, 0) is 25.8 Å². The topological polar surface area (TPSA) is 86.3 Å². The first kappa shape index (κ1) is 12.5. The van der Waals surface area contributed by atoms with E-state index in [1.807, 2.05) is 0 Å². The minimum atomic E-state index is -0.797. The van der Waals surface area contributed by atoms with E-state index in [9.17, 15) is 9.59 Å². The zero-order chi connectivity index (χ0) is 13.3. The number of amides is 1. The maximum atomic E-state index is 11.8. The summed E-state index contributed by atoms with van der Waals surface area (Å²) < 4.78 is 6.67. The molecule has 6 nitrogen and oxygen atoms in total. The summed E-state index contributed by atoms with van der Waals surface area (Å²) >= 11 is 0. The van der Waals surface area contributed by atoms with Crippen molar-refractivity contribution < 1.29 is 14.3 Å². The number of nitrogens with two attached hydrogens (primary N) is 1. The first-order chi connectivity index (χ1) is 8.47. The average Bonchev–Trinajstić information content (AvgIpc) is 3.02. The van der Waals surface area contributed by atoms with Crippen LogP contribution in [0.15, 0.2) is 12.3 Å². The third-order valence-corrected chi connectivity index (χ3v) is 2.81. The van der Waals surface area contributed by atoms with Crippen LogP contribution in [0, 0.1) is 0 Å². The van der Waals surface area contributed by atoms with Gasteiger partial charge >= 0.3 is 5.97 Å². The maximum Gasteiger partial charge on any atom is 0.355 e. The van der Waals surface area contributed by atoms with E-state index in [0.717, 1.165) is 12.8 Å². The largest absolute Gasteiger partial charge is 0.448 e. The molecule has 98 valence electrons. The van der Waals surface area contributed by atoms with Crippen LogP contribution < -0.4 is 11.1 Å². The van der Waals surface area contributed by atoms with Gasteiger partial charge in [-0.2, -0.15) is 0 Å². The number of carbonyl (C=O) groups excluding carboxylic acids is 2. The number of rotatable bonds is 4. The fraction of sp³-hybridized carbons (Fsp3) is 0.500. The molecule has 3 N–H and O–H groups in total. The summed E-state index contributed by atoms with van der Waals surface area (Å²) in [5.41, 5.74) is 6.39. The fourth-order valence-corrected chi connectivity index (χ4v) is 1.61. The van der Waals surface area contributed by atoms with Crippen LogP contribution in [-0.2, 0) is 16.6 Å². The highest BCUT2D eigenvalue weighted by Gasteiger charge is 2.27. The molecule has 0 bridgehead atoms. The molecule has 1 aliphatic carbocycles. The van der Waals surface area contributed by atoms with Crippen LogP contribution in [0.5, 0.6) is 0 Å². The number of esters is 1. The predicted molar refractivity (Wildman–Crippen MR) is 65.9 cm³/mol. The van der Waals surface area contributed by atoms with E-state index >= 15 is 0 Å². The van der Waals surface area contributed by atoms with Gasteiger partial charge in [0.25, 0.3) is 5.91 Å². The van der Waals surface area contributed by atoms with Gasteiger partial charge in [-0.25, -0.2) is 4.79 Å². The van der Waals surface area contributed by atoms with E-state index in [1.165, 1.54) is 6.07 Å². The Bertz CT molecular complexity index is 477. The Balaban J connectivity index is 1.93. The Morgan fingerprint density at radius 3 is 2.72 bits per heavy atom. The number of aryl methyl sites for hydroxylation is 1. The molecule has 1 aromatic rings. The Morgan fingerprint density at radius 2 is 2.22 bits per heavy atom. The van der Waals surface area contributed by atoms with Crippen LogP contribution in [0.3, 0.4) is 0 Å². The van der Waals surface area contributed by atoms with Crippen molar-refractivity contribution in [2.24, 2.45) is 7.05 Å². The second-order valence-corrected chi connectivity index (χ2v) is 4.60. The summed E-state index contributed by atoms with van der Waals surface area (Å²) in [6.45, 7) is 1.56. The van der Waals surface area contributed by atoms with Crippen LogP contribution in [0.4, 0.5) is 5.69 Å². The molecule has 1 saturated carbocycles. The predicted octanol–water partition coefficient (Wildman–Crippen LogP) is 0.431. The maximum absolute atomic E-state index is 11.8. The van der Waals surface area contributed by atoms with Gasteiger partial charge < -0.3 is 20.4 Å². The third kappa shape index (κ3) is 2.82. The second-order valence-electron chi connectivity index (χ2n) is 4.60. The monoisotopic (exact) mass is 251 g/mol. The van der Waals surface area contributed by atoms with Gasteiger partial charge in [0.15, 0.2) is 6.10 Å². The van der Waals surface area contributed by atoms with Crippen molar-refractivity contribution in [2.45, 2.75) is 31.9 Å². The molecule has 0 saturated heterocycles. The quantitative estimate of drug-likeness (QED) is 0.760. The molecule has 18 heavy (non-hydrogen) atoms. The molecular formula is C12H17N3O3. The van der Waals surface area contributed by atoms with Crippen molar-refractivity contribution in [3.8, 4) is 0 Å². The smallest absolute Gasteiger partial charge is 0.355 e. The fourth-order valence-electron chi connectivity index (χ4n) is 1.61. The number of nitrogens with zero attached hydrogens (tertiary/aromatic N) is 1. The average molecular weight is 251 g/mol. The van der Waals surface area contributed by atoms with Crippen molar-refractivity contribution in [3.63, 3.8) is 0 Å². The minimum Gasteiger partial charge on any atom is -0.448 e. The van der Waals surface area contributed by atoms with E-state index in [0.29, 0.717) is 11.4 Å². The third-order valence-electron chi connectivity index (χ3n) is 2.81. The van der Waals surface area contributed by atoms with Gasteiger partial charge in [-0.1, -0.05) is 0 Å². The zero-order valence-corrected chi connectivity index (χ0v) is 10.5. The molecule has 0 spiro atoms. The number of carbonyl (C=O) groups is 2. The Kier molecular flexibility index (Phi) is 3.27. The van der Waals surface area contributed by atoms with Gasteiger partial charge in [0.05, 0.1) is 5.69 Å². The van der Waals surface area contributed by atoms with Gasteiger partial charge in [0.1, 0.15) is 5.69 Å². The number of ether oxygens (including phenoxy) is 1. The number of aromatic nitrogens is 1. The summed E-state index contributed by atoms with van der Waals surface area (Å²) in [4.78, 5) is 23.4. The Morgan fingerprint density at radius 1 is 1.56 bits per heavy atom. The van der Waals surface area contributed by atoms with E-state index in [2.05, 4.69) is 5.32 Å². The zero-order valence-electron chi connectivity index (χ0n) is 10.5. The van der Waals surface area contributed by atoms with E-state index in [1.54, 1.807) is 24.7 Å². The standard InChI is InChI=1S/C12H17N3O3/c1-7(11(16)14-9-3-4-9)18-12(17)10-5-8(13)6-15(10)2/h5-7,9H,3-4,13H2,1-2H3,(H,14,16). The summed E-state index contributed by atoms with van der Waals surface area (Å²) in [6, 6.07) is 1.78. The molecule has 1 aromatic heterocycles. The molecule has 1 amide bonds. The minimum absolute atomic E-state index is 0.254. The molecule has 6 heteroatoms. The molecule has 0 radical (unpaired) electrons. The molecule has 1 unspecified atom stereocenters. The number of nitrogen functional groups attached to an aromatic ring is 1. The van der Waals surface area contributed by atoms with Crippen molar-refractivity contribution in [1.29, 1.82) is 0 Å². The Hall–Kier alpha value is -1.98. The van der Waals surface area contributed by atoms with Gasteiger partial charge in [0.2, 0.25) is 0 Å². The number of hydrogen-bond acceptors (Lipinski definition) is 4. The summed E-state index contributed by atoms with van der Waals surface area (Å²) in [5, 5.41) is 2.78. The van der Waals surface area contributed by atoms with Crippen LogP contribution in [0.2, 0.25) is 0 Å². The first-order valence-corrected chi connectivity index (χ1v) is 5.90. The summed E-state index contributed by atoms with van der Waals surface area (Å²) in [7, 11) is 1.70. The van der Waals surface area contributed by atoms with Crippen molar-refractivity contribution in [3.05, 3.63) is 18.0 Å². The SMILES string of the molecule is CC(OC(=O)c1cc(N)cn1C)C(=O)NC1CC1. The molecular weight excluding hydrogens is 234 g/mol. The van der Waals surface area contributed by atoms with Crippen LogP contribution in [0.25, 0.3) is 0 Å². The van der Waals surface area contributed by atoms with Crippen molar-refractivity contribution >= 4 is 17.6 Å². The lowest BCUT2D eigenvalue weighted by Crippen LogP contribution is -2.37. The van der Waals surface area contributed by atoms with E-state index in [-0.39, 0.29) is 11.9 Å². The summed E-state index contributed by atoms with van der Waals surface area (Å²) in [5.74, 6) is -0.805. The van der Waals surface area contributed by atoms with Gasteiger partial charge in [-0.3, -0.25) is 4.79 Å². The highest BCUT2D eigenvalue weighted by molar-refractivity contribution is 5.92. The van der Waals surface area contributed by atoms with Crippen molar-refractivity contribution in [1.82, 2.24) is 9.88 Å². The summed E-state index contributed by atoms with van der Waals surface area (Å²) in [6.07, 6.45) is 2.82. The highest BCUT2D eigenvalue weighted by atomic mass is 16.5. The molecule has 0 aliphatic heterocycles. The lowest BCUT2D eigenvalue weighted by molar-refractivity contribution is -0.129. The Labute approximate surface area is 105 Å².